The van der Waals surface area contributed by atoms with Gasteiger partial charge in [0.05, 0.1) is 0 Å². The maximum Gasteiger partial charge on any atom is 0.128 e. The van der Waals surface area contributed by atoms with Gasteiger partial charge in [-0.3, -0.25) is 4.90 Å². The quantitative estimate of drug-likeness (QED) is 0.814. The molecule has 0 bridgehead atoms. The molecule has 2 nitrogen and oxygen atoms in total. The lowest BCUT2D eigenvalue weighted by Gasteiger charge is -2.33. The van der Waals surface area contributed by atoms with E-state index in [0.29, 0.717) is 12.0 Å². The lowest BCUT2D eigenvalue weighted by Crippen LogP contribution is -2.40. The molecule has 2 atom stereocenters. The lowest BCUT2D eigenvalue weighted by molar-refractivity contribution is 0.168. The van der Waals surface area contributed by atoms with Gasteiger partial charge in [-0.25, -0.2) is 4.39 Å². The van der Waals surface area contributed by atoms with Crippen LogP contribution in [-0.2, 0) is 0 Å². The molecule has 0 saturated carbocycles. The van der Waals surface area contributed by atoms with E-state index in [1.807, 2.05) is 6.07 Å². The molecule has 0 amide bonds. The molecule has 1 aromatic rings. The van der Waals surface area contributed by atoms with Crippen LogP contribution in [0, 0.1) is 11.7 Å². The van der Waals surface area contributed by atoms with Gasteiger partial charge in [0, 0.05) is 35.2 Å². The van der Waals surface area contributed by atoms with Gasteiger partial charge in [-0.1, -0.05) is 29.8 Å². The van der Waals surface area contributed by atoms with Crippen LogP contribution in [-0.4, -0.2) is 30.6 Å². The van der Waals surface area contributed by atoms with Gasteiger partial charge in [0.2, 0.25) is 0 Å². The van der Waals surface area contributed by atoms with Crippen LogP contribution in [0.4, 0.5) is 4.39 Å². The van der Waals surface area contributed by atoms with E-state index in [1.54, 1.807) is 12.1 Å². The van der Waals surface area contributed by atoms with Crippen molar-refractivity contribution in [2.75, 3.05) is 19.6 Å². The van der Waals surface area contributed by atoms with Crippen LogP contribution in [0.1, 0.15) is 45.2 Å². The number of hydrogen-bond donors (Lipinski definition) is 1. The predicted octanol–water partition coefficient (Wildman–Crippen LogP) is 4.36. The van der Waals surface area contributed by atoms with Crippen molar-refractivity contribution >= 4 is 15.9 Å². The molecule has 118 valence electrons. The molecule has 21 heavy (non-hydrogen) atoms. The number of benzene rings is 1. The molecule has 0 spiro atoms. The van der Waals surface area contributed by atoms with Crippen molar-refractivity contribution in [3.05, 3.63) is 34.1 Å². The summed E-state index contributed by atoms with van der Waals surface area (Å²) in [6.07, 6.45) is 2.47. The normalized spacial score (nSPS) is 20.4. The van der Waals surface area contributed by atoms with Crippen LogP contribution < -0.4 is 5.32 Å². The Morgan fingerprint density at radius 1 is 1.38 bits per heavy atom. The van der Waals surface area contributed by atoms with E-state index >= 15 is 0 Å². The summed E-state index contributed by atoms with van der Waals surface area (Å²) in [6.45, 7) is 9.65. The predicted molar refractivity (Wildman–Crippen MR) is 90.0 cm³/mol. The Morgan fingerprint density at radius 3 is 2.76 bits per heavy atom. The number of halogens is 2. The van der Waals surface area contributed by atoms with Crippen molar-refractivity contribution < 1.29 is 4.39 Å². The maximum atomic E-state index is 14.2. The standard InChI is InChI=1S/C17H26BrFN2/c1-12(2)10-21(11-15-5-4-8-20-15)13(3)16-9-14(18)6-7-17(16)19/h6-7,9,12-13,15,20H,4-5,8,10-11H2,1-3H3. The highest BCUT2D eigenvalue weighted by atomic mass is 79.9. The minimum Gasteiger partial charge on any atom is -0.313 e. The highest BCUT2D eigenvalue weighted by Crippen LogP contribution is 2.27. The molecule has 1 fully saturated rings. The Labute approximate surface area is 136 Å². The highest BCUT2D eigenvalue weighted by Gasteiger charge is 2.24. The largest absolute Gasteiger partial charge is 0.313 e. The zero-order valence-electron chi connectivity index (χ0n) is 13.2. The summed E-state index contributed by atoms with van der Waals surface area (Å²) in [5.41, 5.74) is 0.781. The van der Waals surface area contributed by atoms with E-state index in [2.05, 4.69) is 46.9 Å². The monoisotopic (exact) mass is 356 g/mol. The Kier molecular flexibility index (Phi) is 6.20. The fourth-order valence-corrected chi connectivity index (χ4v) is 3.47. The zero-order chi connectivity index (χ0) is 15.4. The van der Waals surface area contributed by atoms with Gasteiger partial charge >= 0.3 is 0 Å². The van der Waals surface area contributed by atoms with E-state index in [9.17, 15) is 4.39 Å². The van der Waals surface area contributed by atoms with Crippen molar-refractivity contribution in [1.29, 1.82) is 0 Å². The molecule has 1 saturated heterocycles. The van der Waals surface area contributed by atoms with Gasteiger partial charge < -0.3 is 5.32 Å². The second kappa shape index (κ2) is 7.70. The molecule has 4 heteroatoms. The summed E-state index contributed by atoms with van der Waals surface area (Å²) < 4.78 is 15.1. The van der Waals surface area contributed by atoms with Crippen LogP contribution in [0.5, 0.6) is 0 Å². The van der Waals surface area contributed by atoms with Crippen LogP contribution in [0.15, 0.2) is 22.7 Å². The summed E-state index contributed by atoms with van der Waals surface area (Å²) in [6, 6.07) is 5.86. The second-order valence-corrected chi connectivity index (χ2v) is 7.40. The molecule has 0 aromatic heterocycles. The second-order valence-electron chi connectivity index (χ2n) is 6.48. The van der Waals surface area contributed by atoms with Gasteiger partial charge in [0.1, 0.15) is 5.82 Å². The molecule has 1 heterocycles. The SMILES string of the molecule is CC(C)CN(CC1CCCN1)C(C)c1cc(Br)ccc1F. The van der Waals surface area contributed by atoms with Gasteiger partial charge in [-0.15, -0.1) is 0 Å². The molecule has 2 unspecified atom stereocenters. The Bertz CT molecular complexity index is 458. The third-order valence-electron chi connectivity index (χ3n) is 4.17. The van der Waals surface area contributed by atoms with E-state index < -0.39 is 0 Å². The molecule has 1 N–H and O–H groups in total. The molecular formula is C17H26BrFN2. The Hall–Kier alpha value is -0.450. The smallest absolute Gasteiger partial charge is 0.128 e. The van der Waals surface area contributed by atoms with E-state index in [4.69, 9.17) is 0 Å². The first-order chi connectivity index (χ1) is 9.97. The maximum absolute atomic E-state index is 14.2. The molecular weight excluding hydrogens is 331 g/mol. The minimum absolute atomic E-state index is 0.0901. The first-order valence-corrected chi connectivity index (χ1v) is 8.69. The van der Waals surface area contributed by atoms with Crippen LogP contribution in [0.25, 0.3) is 0 Å². The van der Waals surface area contributed by atoms with E-state index in [1.165, 1.54) is 12.8 Å². The number of hydrogen-bond acceptors (Lipinski definition) is 2. The van der Waals surface area contributed by atoms with E-state index in [-0.39, 0.29) is 11.9 Å². The number of nitrogens with zero attached hydrogens (tertiary/aromatic N) is 1. The average Bonchev–Trinajstić information content (AvgIpc) is 2.92. The van der Waals surface area contributed by atoms with E-state index in [0.717, 1.165) is 29.7 Å². The van der Waals surface area contributed by atoms with Gasteiger partial charge in [-0.05, 0) is 50.4 Å². The van der Waals surface area contributed by atoms with Crippen molar-refractivity contribution in [2.24, 2.45) is 5.92 Å². The highest BCUT2D eigenvalue weighted by molar-refractivity contribution is 9.10. The molecule has 1 aliphatic rings. The minimum atomic E-state index is -0.112. The summed E-state index contributed by atoms with van der Waals surface area (Å²) in [7, 11) is 0. The molecule has 1 aliphatic heterocycles. The summed E-state index contributed by atoms with van der Waals surface area (Å²) >= 11 is 3.46. The fraction of sp³-hybridized carbons (Fsp3) is 0.647. The fourth-order valence-electron chi connectivity index (χ4n) is 3.09. The van der Waals surface area contributed by atoms with Crippen molar-refractivity contribution in [1.82, 2.24) is 10.2 Å². The molecule has 0 radical (unpaired) electrons. The van der Waals surface area contributed by atoms with Crippen LogP contribution in [0.3, 0.4) is 0 Å². The average molecular weight is 357 g/mol. The number of rotatable bonds is 6. The first-order valence-electron chi connectivity index (χ1n) is 7.89. The molecule has 0 aliphatic carbocycles. The first kappa shape index (κ1) is 16.9. The van der Waals surface area contributed by atoms with Crippen molar-refractivity contribution in [3.63, 3.8) is 0 Å². The van der Waals surface area contributed by atoms with Gasteiger partial charge in [0.15, 0.2) is 0 Å². The van der Waals surface area contributed by atoms with Crippen molar-refractivity contribution in [2.45, 2.75) is 45.7 Å². The molecule has 2 rings (SSSR count). The van der Waals surface area contributed by atoms with Gasteiger partial charge in [0.25, 0.3) is 0 Å². The zero-order valence-corrected chi connectivity index (χ0v) is 14.8. The Morgan fingerprint density at radius 2 is 2.14 bits per heavy atom. The molecule has 1 aromatic carbocycles. The summed E-state index contributed by atoms with van der Waals surface area (Å²) in [5, 5.41) is 3.55. The Balaban J connectivity index is 2.15. The summed E-state index contributed by atoms with van der Waals surface area (Å²) in [4.78, 5) is 2.42. The third kappa shape index (κ3) is 4.76. The number of nitrogens with one attached hydrogen (secondary N) is 1. The van der Waals surface area contributed by atoms with Crippen LogP contribution >= 0.6 is 15.9 Å². The summed E-state index contributed by atoms with van der Waals surface area (Å²) in [5.74, 6) is 0.461. The van der Waals surface area contributed by atoms with Crippen molar-refractivity contribution in [3.8, 4) is 0 Å². The lowest BCUT2D eigenvalue weighted by atomic mass is 10.0. The third-order valence-corrected chi connectivity index (χ3v) is 4.67. The topological polar surface area (TPSA) is 15.3 Å². The van der Waals surface area contributed by atoms with Gasteiger partial charge in [-0.2, -0.15) is 0 Å². The van der Waals surface area contributed by atoms with Crippen LogP contribution in [0.2, 0.25) is 0 Å².